The maximum atomic E-state index is 12.4. The number of likely N-dealkylation sites (N-methyl/N-ethyl adjacent to an activating group) is 1. The van der Waals surface area contributed by atoms with Crippen molar-refractivity contribution in [1.29, 1.82) is 0 Å². The van der Waals surface area contributed by atoms with Gasteiger partial charge in [0.1, 0.15) is 12.3 Å². The van der Waals surface area contributed by atoms with Gasteiger partial charge in [-0.05, 0) is 24.6 Å². The average Bonchev–Trinajstić information content (AvgIpc) is 2.60. The number of carbonyl (C=O) groups excluding carboxylic acids is 3. The Morgan fingerprint density at radius 3 is 2.71 bits per heavy atom. The second-order valence-electron chi connectivity index (χ2n) is 5.90. The monoisotopic (exact) mass is 332 g/mol. The highest BCUT2D eigenvalue weighted by molar-refractivity contribution is 6.04. The van der Waals surface area contributed by atoms with E-state index in [0.29, 0.717) is 30.0 Å². The third kappa shape index (κ3) is 3.93. The first-order valence-corrected chi connectivity index (χ1v) is 8.32. The number of rotatable bonds is 7. The van der Waals surface area contributed by atoms with Crippen LogP contribution in [-0.4, -0.2) is 49.2 Å². The molecule has 130 valence electrons. The molecular formula is C18H24N2O4. The van der Waals surface area contributed by atoms with Crippen molar-refractivity contribution in [2.75, 3.05) is 31.6 Å². The van der Waals surface area contributed by atoms with Gasteiger partial charge in [0.2, 0.25) is 5.91 Å². The Kier molecular flexibility index (Phi) is 5.95. The van der Waals surface area contributed by atoms with Crippen molar-refractivity contribution in [3.8, 4) is 5.75 Å². The molecule has 0 radical (unpaired) electrons. The predicted octanol–water partition coefficient (Wildman–Crippen LogP) is 2.26. The largest absolute Gasteiger partial charge is 0.482 e. The van der Waals surface area contributed by atoms with Gasteiger partial charge in [-0.2, -0.15) is 0 Å². The molecule has 0 N–H and O–H groups in total. The average molecular weight is 332 g/mol. The van der Waals surface area contributed by atoms with Crippen molar-refractivity contribution in [3.63, 3.8) is 0 Å². The van der Waals surface area contributed by atoms with Crippen LogP contribution in [0.4, 0.5) is 5.69 Å². The summed E-state index contributed by atoms with van der Waals surface area (Å²) in [6, 6.07) is 5.01. The van der Waals surface area contributed by atoms with Crippen LogP contribution in [0.15, 0.2) is 18.2 Å². The van der Waals surface area contributed by atoms with Crippen molar-refractivity contribution in [1.82, 2.24) is 4.90 Å². The van der Waals surface area contributed by atoms with E-state index in [0.717, 1.165) is 12.8 Å². The number of anilines is 1. The van der Waals surface area contributed by atoms with E-state index in [1.165, 1.54) is 4.90 Å². The number of ether oxygens (including phenoxy) is 1. The van der Waals surface area contributed by atoms with E-state index >= 15 is 0 Å². The van der Waals surface area contributed by atoms with Gasteiger partial charge >= 0.3 is 0 Å². The number of fused-ring (bicyclic) bond motifs is 1. The normalized spacial score (nSPS) is 13.3. The minimum atomic E-state index is -0.277. The fourth-order valence-corrected chi connectivity index (χ4v) is 2.53. The third-order valence-electron chi connectivity index (χ3n) is 4.11. The Labute approximate surface area is 142 Å². The fourth-order valence-electron chi connectivity index (χ4n) is 2.53. The molecule has 0 spiro atoms. The zero-order valence-electron chi connectivity index (χ0n) is 14.5. The van der Waals surface area contributed by atoms with Gasteiger partial charge in [0.15, 0.2) is 12.4 Å². The molecule has 0 aliphatic carbocycles. The highest BCUT2D eigenvalue weighted by atomic mass is 16.5. The molecular weight excluding hydrogens is 308 g/mol. The van der Waals surface area contributed by atoms with E-state index in [9.17, 15) is 14.4 Å². The molecule has 1 heterocycles. The minimum Gasteiger partial charge on any atom is -0.482 e. The Bertz CT molecular complexity index is 642. The van der Waals surface area contributed by atoms with Crippen molar-refractivity contribution in [3.05, 3.63) is 23.8 Å². The van der Waals surface area contributed by atoms with Crippen molar-refractivity contribution < 1.29 is 19.1 Å². The molecule has 0 unspecified atom stereocenters. The first kappa shape index (κ1) is 18.0. The minimum absolute atomic E-state index is 0.0119. The Morgan fingerprint density at radius 2 is 2.04 bits per heavy atom. The van der Waals surface area contributed by atoms with Gasteiger partial charge in [0.05, 0.1) is 5.69 Å². The lowest BCUT2D eigenvalue weighted by molar-refractivity contribution is -0.131. The molecule has 6 heteroatoms. The second-order valence-corrected chi connectivity index (χ2v) is 5.90. The van der Waals surface area contributed by atoms with E-state index in [4.69, 9.17) is 4.74 Å². The number of hydrogen-bond acceptors (Lipinski definition) is 4. The van der Waals surface area contributed by atoms with E-state index < -0.39 is 0 Å². The van der Waals surface area contributed by atoms with Crippen LogP contribution in [0.1, 0.15) is 43.5 Å². The summed E-state index contributed by atoms with van der Waals surface area (Å²) in [7, 11) is 1.74. The molecule has 24 heavy (non-hydrogen) atoms. The third-order valence-corrected chi connectivity index (χ3v) is 4.11. The quantitative estimate of drug-likeness (QED) is 0.718. The molecule has 0 atom stereocenters. The van der Waals surface area contributed by atoms with Gasteiger partial charge in [-0.25, -0.2) is 0 Å². The summed E-state index contributed by atoms with van der Waals surface area (Å²) in [6.45, 7) is 4.37. The Balaban J connectivity index is 2.23. The highest BCUT2D eigenvalue weighted by Gasteiger charge is 2.29. The Hall–Kier alpha value is -2.37. The molecule has 0 saturated heterocycles. The molecule has 0 fully saturated rings. The molecule has 2 amide bonds. The van der Waals surface area contributed by atoms with Crippen LogP contribution in [0.5, 0.6) is 5.75 Å². The van der Waals surface area contributed by atoms with Crippen LogP contribution in [0, 0.1) is 0 Å². The number of ketones is 1. The van der Waals surface area contributed by atoms with E-state index in [1.54, 1.807) is 37.1 Å². The summed E-state index contributed by atoms with van der Waals surface area (Å²) in [4.78, 5) is 39.6. The van der Waals surface area contributed by atoms with Gasteiger partial charge in [-0.1, -0.05) is 20.3 Å². The smallest absolute Gasteiger partial charge is 0.265 e. The van der Waals surface area contributed by atoms with Gasteiger partial charge in [-0.15, -0.1) is 0 Å². The van der Waals surface area contributed by atoms with Gasteiger partial charge in [-0.3, -0.25) is 19.3 Å². The van der Waals surface area contributed by atoms with Crippen LogP contribution in [0.3, 0.4) is 0 Å². The lowest BCUT2D eigenvalue weighted by Gasteiger charge is -2.30. The molecule has 0 bridgehead atoms. The summed E-state index contributed by atoms with van der Waals surface area (Å²) in [5.74, 6) is 0.103. The first-order valence-electron chi connectivity index (χ1n) is 8.32. The lowest BCUT2D eigenvalue weighted by atomic mass is 10.1. The van der Waals surface area contributed by atoms with E-state index in [1.807, 2.05) is 0 Å². The maximum absolute atomic E-state index is 12.4. The predicted molar refractivity (Wildman–Crippen MR) is 91.5 cm³/mol. The number of carbonyl (C=O) groups is 3. The maximum Gasteiger partial charge on any atom is 0.265 e. The van der Waals surface area contributed by atoms with E-state index in [-0.39, 0.29) is 30.7 Å². The molecule has 0 saturated carbocycles. The zero-order valence-corrected chi connectivity index (χ0v) is 14.5. The molecule has 1 aromatic carbocycles. The molecule has 1 aromatic rings. The molecule has 2 rings (SSSR count). The number of benzene rings is 1. The van der Waals surface area contributed by atoms with Gasteiger partial charge in [0, 0.05) is 25.6 Å². The lowest BCUT2D eigenvalue weighted by Crippen LogP contribution is -2.45. The summed E-state index contributed by atoms with van der Waals surface area (Å²) in [6.07, 6.45) is 2.30. The van der Waals surface area contributed by atoms with Gasteiger partial charge < -0.3 is 9.64 Å². The van der Waals surface area contributed by atoms with E-state index in [2.05, 4.69) is 6.92 Å². The summed E-state index contributed by atoms with van der Waals surface area (Å²) < 4.78 is 5.41. The SMILES string of the molecule is CCCCN(C)C(=O)CN1C(=O)COc2ccc(C(=O)CC)cc21. The summed E-state index contributed by atoms with van der Waals surface area (Å²) in [5, 5.41) is 0. The second kappa shape index (κ2) is 7.95. The number of unbranched alkanes of at least 4 members (excludes halogenated alkanes) is 1. The van der Waals surface area contributed by atoms with Crippen molar-refractivity contribution >= 4 is 23.3 Å². The van der Waals surface area contributed by atoms with Crippen LogP contribution in [0.2, 0.25) is 0 Å². The van der Waals surface area contributed by atoms with Crippen molar-refractivity contribution in [2.45, 2.75) is 33.1 Å². The molecule has 1 aliphatic rings. The number of nitrogens with zero attached hydrogens (tertiary/aromatic N) is 2. The topological polar surface area (TPSA) is 66.9 Å². The van der Waals surface area contributed by atoms with Crippen LogP contribution in [-0.2, 0) is 9.59 Å². The summed E-state index contributed by atoms with van der Waals surface area (Å²) in [5.41, 5.74) is 1.01. The first-order chi connectivity index (χ1) is 11.5. The molecule has 1 aliphatic heterocycles. The number of hydrogen-bond donors (Lipinski definition) is 0. The van der Waals surface area contributed by atoms with Crippen molar-refractivity contribution in [2.24, 2.45) is 0 Å². The fraction of sp³-hybridized carbons (Fsp3) is 0.500. The van der Waals surface area contributed by atoms with Crippen LogP contribution < -0.4 is 9.64 Å². The number of Topliss-reactive ketones (excluding diaryl/α,β-unsaturated/α-hetero) is 1. The number of amides is 2. The molecule has 0 aromatic heterocycles. The van der Waals surface area contributed by atoms with Gasteiger partial charge in [0.25, 0.3) is 5.91 Å². The zero-order chi connectivity index (χ0) is 17.7. The Morgan fingerprint density at radius 1 is 1.29 bits per heavy atom. The van der Waals surface area contributed by atoms with Crippen LogP contribution in [0.25, 0.3) is 0 Å². The molecule has 6 nitrogen and oxygen atoms in total. The highest BCUT2D eigenvalue weighted by Crippen LogP contribution is 2.33. The standard InChI is InChI=1S/C18H24N2O4/c1-4-6-9-19(3)17(22)11-20-14-10-13(15(21)5-2)7-8-16(14)24-12-18(20)23/h7-8,10H,4-6,9,11-12H2,1-3H3. The van der Waals surface area contributed by atoms with Crippen LogP contribution >= 0.6 is 0 Å². The summed E-state index contributed by atoms with van der Waals surface area (Å²) >= 11 is 0.